The van der Waals surface area contributed by atoms with Gasteiger partial charge in [0.15, 0.2) is 5.11 Å². The molecule has 7 heteroatoms. The van der Waals surface area contributed by atoms with Gasteiger partial charge < -0.3 is 15.0 Å². The number of aryl methyl sites for hydroxylation is 1. The Labute approximate surface area is 179 Å². The lowest BCUT2D eigenvalue weighted by Gasteiger charge is -2.14. The van der Waals surface area contributed by atoms with Crippen LogP contribution < -0.4 is 15.4 Å². The quantitative estimate of drug-likeness (QED) is 0.421. The fourth-order valence-corrected chi connectivity index (χ4v) is 3.28. The number of ether oxygens (including phenoxy) is 1. The molecule has 1 amide bonds. The molecule has 0 aliphatic heterocycles. The van der Waals surface area contributed by atoms with Gasteiger partial charge in [-0.3, -0.25) is 10.1 Å². The van der Waals surface area contributed by atoms with E-state index in [1.165, 1.54) is 0 Å². The molecule has 0 radical (unpaired) electrons. The Bertz CT molecular complexity index is 1200. The van der Waals surface area contributed by atoms with Crippen molar-refractivity contribution in [3.05, 3.63) is 77.9 Å². The predicted molar refractivity (Wildman–Crippen MR) is 123 cm³/mol. The zero-order chi connectivity index (χ0) is 21.1. The van der Waals surface area contributed by atoms with Gasteiger partial charge in [-0.05, 0) is 61.6 Å². The van der Waals surface area contributed by atoms with Gasteiger partial charge in [-0.15, -0.1) is 0 Å². The standard InChI is InChI=1S/C23H20N4O2S/c1-14-7-9-15(10-8-14)22(28)27-23(30)26-19-13-16(11-12-20(19)29-2)21-24-17-5-3-4-6-18(17)25-21/h3-13H,1-2H3,(H,24,25)(H2,26,27,28,30). The maximum Gasteiger partial charge on any atom is 0.257 e. The number of carbonyl (C=O) groups is 1. The van der Waals surface area contributed by atoms with Gasteiger partial charge in [0.05, 0.1) is 23.8 Å². The molecule has 3 aromatic carbocycles. The van der Waals surface area contributed by atoms with Crippen LogP contribution >= 0.6 is 12.2 Å². The number of amides is 1. The largest absolute Gasteiger partial charge is 0.495 e. The minimum Gasteiger partial charge on any atom is -0.495 e. The van der Waals surface area contributed by atoms with Gasteiger partial charge >= 0.3 is 0 Å². The minimum atomic E-state index is -0.278. The van der Waals surface area contributed by atoms with Gasteiger partial charge in [0, 0.05) is 11.1 Å². The van der Waals surface area contributed by atoms with Crippen LogP contribution in [-0.4, -0.2) is 28.1 Å². The third-order valence-electron chi connectivity index (χ3n) is 4.65. The molecule has 1 heterocycles. The second-order valence-corrected chi connectivity index (χ2v) is 7.20. The molecule has 6 nitrogen and oxygen atoms in total. The van der Waals surface area contributed by atoms with Crippen LogP contribution in [0, 0.1) is 6.92 Å². The summed E-state index contributed by atoms with van der Waals surface area (Å²) in [5.41, 5.74) is 4.95. The molecule has 0 bridgehead atoms. The smallest absolute Gasteiger partial charge is 0.257 e. The van der Waals surface area contributed by atoms with Crippen LogP contribution in [0.5, 0.6) is 5.75 Å². The summed E-state index contributed by atoms with van der Waals surface area (Å²) in [6, 6.07) is 20.7. The van der Waals surface area contributed by atoms with E-state index in [0.29, 0.717) is 17.0 Å². The first kappa shape index (κ1) is 19.6. The van der Waals surface area contributed by atoms with Crippen molar-refractivity contribution in [1.82, 2.24) is 15.3 Å². The number of para-hydroxylation sites is 2. The fourth-order valence-electron chi connectivity index (χ4n) is 3.08. The van der Waals surface area contributed by atoms with Crippen LogP contribution in [0.2, 0.25) is 0 Å². The Kier molecular flexibility index (Phi) is 5.45. The van der Waals surface area contributed by atoms with Gasteiger partial charge in [0.25, 0.3) is 5.91 Å². The van der Waals surface area contributed by atoms with Gasteiger partial charge in [0.2, 0.25) is 0 Å². The van der Waals surface area contributed by atoms with E-state index in [1.807, 2.05) is 61.5 Å². The first-order chi connectivity index (χ1) is 14.5. The van der Waals surface area contributed by atoms with E-state index < -0.39 is 0 Å². The predicted octanol–water partition coefficient (Wildman–Crippen LogP) is 4.67. The van der Waals surface area contributed by atoms with E-state index in [0.717, 1.165) is 28.0 Å². The first-order valence-electron chi connectivity index (χ1n) is 9.35. The zero-order valence-electron chi connectivity index (χ0n) is 16.5. The number of anilines is 1. The molecule has 0 aliphatic rings. The lowest BCUT2D eigenvalue weighted by atomic mass is 10.1. The van der Waals surface area contributed by atoms with Crippen molar-refractivity contribution in [2.45, 2.75) is 6.92 Å². The second kappa shape index (κ2) is 8.34. The number of rotatable bonds is 4. The molecule has 4 rings (SSSR count). The third-order valence-corrected chi connectivity index (χ3v) is 4.86. The molecule has 0 saturated carbocycles. The lowest BCUT2D eigenvalue weighted by Crippen LogP contribution is -2.34. The second-order valence-electron chi connectivity index (χ2n) is 6.79. The number of imidazole rings is 1. The monoisotopic (exact) mass is 416 g/mol. The van der Waals surface area contributed by atoms with Crippen molar-refractivity contribution in [2.24, 2.45) is 0 Å². The molecule has 30 heavy (non-hydrogen) atoms. The van der Waals surface area contributed by atoms with E-state index in [9.17, 15) is 4.79 Å². The Hall–Kier alpha value is -3.71. The average Bonchev–Trinajstić information content (AvgIpc) is 3.18. The summed E-state index contributed by atoms with van der Waals surface area (Å²) in [4.78, 5) is 20.3. The van der Waals surface area contributed by atoms with E-state index in [1.54, 1.807) is 19.2 Å². The maximum absolute atomic E-state index is 12.4. The van der Waals surface area contributed by atoms with E-state index >= 15 is 0 Å². The number of carbonyl (C=O) groups excluding carboxylic acids is 1. The van der Waals surface area contributed by atoms with Crippen molar-refractivity contribution in [3.63, 3.8) is 0 Å². The highest BCUT2D eigenvalue weighted by atomic mass is 32.1. The minimum absolute atomic E-state index is 0.181. The van der Waals surface area contributed by atoms with Crippen molar-refractivity contribution < 1.29 is 9.53 Å². The number of thiocarbonyl (C=S) groups is 1. The molecule has 0 atom stereocenters. The Morgan fingerprint density at radius 2 is 1.83 bits per heavy atom. The van der Waals surface area contributed by atoms with Crippen LogP contribution in [0.4, 0.5) is 5.69 Å². The normalized spacial score (nSPS) is 10.6. The highest BCUT2D eigenvalue weighted by Gasteiger charge is 2.13. The van der Waals surface area contributed by atoms with Gasteiger partial charge in [-0.1, -0.05) is 29.8 Å². The number of fused-ring (bicyclic) bond motifs is 1. The van der Waals surface area contributed by atoms with Crippen LogP contribution in [0.1, 0.15) is 15.9 Å². The molecule has 0 unspecified atom stereocenters. The molecular formula is C23H20N4O2S. The number of hydrogen-bond acceptors (Lipinski definition) is 4. The van der Waals surface area contributed by atoms with Crippen LogP contribution in [-0.2, 0) is 0 Å². The molecular weight excluding hydrogens is 396 g/mol. The van der Waals surface area contributed by atoms with Crippen molar-refractivity contribution in [2.75, 3.05) is 12.4 Å². The Morgan fingerprint density at radius 1 is 1.07 bits per heavy atom. The SMILES string of the molecule is COc1ccc(-c2nc3ccccc3[nH]2)cc1NC(=S)NC(=O)c1ccc(C)cc1. The topological polar surface area (TPSA) is 79.0 Å². The number of methoxy groups -OCH3 is 1. The van der Waals surface area contributed by atoms with E-state index in [2.05, 4.69) is 20.6 Å². The van der Waals surface area contributed by atoms with E-state index in [-0.39, 0.29) is 11.0 Å². The summed E-state index contributed by atoms with van der Waals surface area (Å²) >= 11 is 5.34. The highest BCUT2D eigenvalue weighted by Crippen LogP contribution is 2.30. The molecule has 0 aliphatic carbocycles. The number of H-pyrrole nitrogens is 1. The number of hydrogen-bond donors (Lipinski definition) is 3. The van der Waals surface area contributed by atoms with Crippen molar-refractivity contribution >= 4 is 40.0 Å². The zero-order valence-corrected chi connectivity index (χ0v) is 17.3. The summed E-state index contributed by atoms with van der Waals surface area (Å²) in [7, 11) is 1.58. The van der Waals surface area contributed by atoms with Crippen LogP contribution in [0.25, 0.3) is 22.4 Å². The summed E-state index contributed by atoms with van der Waals surface area (Å²) in [6.07, 6.45) is 0. The highest BCUT2D eigenvalue weighted by molar-refractivity contribution is 7.80. The number of nitrogens with zero attached hydrogens (tertiary/aromatic N) is 1. The van der Waals surface area contributed by atoms with Crippen LogP contribution in [0.3, 0.4) is 0 Å². The maximum atomic E-state index is 12.4. The summed E-state index contributed by atoms with van der Waals surface area (Å²) in [5.74, 6) is 1.05. The third kappa shape index (κ3) is 4.16. The Balaban J connectivity index is 1.55. The van der Waals surface area contributed by atoms with Gasteiger partial charge in [0.1, 0.15) is 11.6 Å². The van der Waals surface area contributed by atoms with Gasteiger partial charge in [-0.2, -0.15) is 0 Å². The van der Waals surface area contributed by atoms with Gasteiger partial charge in [-0.25, -0.2) is 4.98 Å². The molecule has 4 aromatic rings. The summed E-state index contributed by atoms with van der Waals surface area (Å²) in [6.45, 7) is 1.97. The van der Waals surface area contributed by atoms with Crippen molar-refractivity contribution in [1.29, 1.82) is 0 Å². The Morgan fingerprint density at radius 3 is 2.57 bits per heavy atom. The number of benzene rings is 3. The van der Waals surface area contributed by atoms with Crippen molar-refractivity contribution in [3.8, 4) is 17.1 Å². The average molecular weight is 417 g/mol. The molecule has 1 aromatic heterocycles. The van der Waals surface area contributed by atoms with Crippen LogP contribution in [0.15, 0.2) is 66.7 Å². The number of nitrogens with one attached hydrogen (secondary N) is 3. The summed E-state index contributed by atoms with van der Waals surface area (Å²) < 4.78 is 5.43. The molecule has 0 fully saturated rings. The summed E-state index contributed by atoms with van der Waals surface area (Å²) in [5, 5.41) is 5.93. The number of aromatic amines is 1. The molecule has 150 valence electrons. The number of aromatic nitrogens is 2. The van der Waals surface area contributed by atoms with E-state index in [4.69, 9.17) is 17.0 Å². The molecule has 3 N–H and O–H groups in total. The fraction of sp³-hybridized carbons (Fsp3) is 0.0870. The lowest BCUT2D eigenvalue weighted by molar-refractivity contribution is 0.0977. The molecule has 0 spiro atoms. The molecule has 0 saturated heterocycles. The first-order valence-corrected chi connectivity index (χ1v) is 9.76.